The number of carbonyl (C=O) groups is 2. The Labute approximate surface area is 199 Å². The maximum atomic E-state index is 10.6. The van der Waals surface area contributed by atoms with Crippen molar-refractivity contribution in [1.29, 1.82) is 0 Å². The van der Waals surface area contributed by atoms with Gasteiger partial charge in [0.15, 0.2) is 0 Å². The average molecular weight is 485 g/mol. The molecule has 2 unspecified atom stereocenters. The Morgan fingerprint density at radius 2 is 1.97 bits per heavy atom. The van der Waals surface area contributed by atoms with E-state index < -0.39 is 11.9 Å². The number of hydrogen-bond donors (Lipinski definition) is 2. The summed E-state index contributed by atoms with van der Waals surface area (Å²) in [6, 6.07) is 6.49. The second-order valence-electron chi connectivity index (χ2n) is 7.93. The summed E-state index contributed by atoms with van der Waals surface area (Å²) in [6.07, 6.45) is 8.23. The van der Waals surface area contributed by atoms with Gasteiger partial charge in [0, 0.05) is 23.8 Å². The molecule has 2 atom stereocenters. The fraction of sp³-hybridized carbons (Fsp3) is 0.667. The van der Waals surface area contributed by atoms with Crippen LogP contribution in [0.1, 0.15) is 63.0 Å². The summed E-state index contributed by atoms with van der Waals surface area (Å²) in [7, 11) is 0. The number of rotatable bonds is 12. The number of aliphatic carboxylic acids is 2. The van der Waals surface area contributed by atoms with Gasteiger partial charge in [-0.05, 0) is 67.9 Å². The summed E-state index contributed by atoms with van der Waals surface area (Å²) in [5, 5.41) is 17.0. The molecule has 0 spiro atoms. The average Bonchev–Trinajstić information content (AvgIpc) is 3.25. The van der Waals surface area contributed by atoms with Crippen molar-refractivity contribution in [3.8, 4) is 5.75 Å². The largest absolute Gasteiger partial charge is 0.493 e. The maximum absolute atomic E-state index is 10.6. The zero-order valence-corrected chi connectivity index (χ0v) is 20.6. The van der Waals surface area contributed by atoms with Gasteiger partial charge in [-0.25, -0.2) is 0 Å². The molecule has 0 saturated carbocycles. The molecule has 1 aromatic carbocycles. The van der Waals surface area contributed by atoms with Gasteiger partial charge in [-0.1, -0.05) is 19.1 Å². The van der Waals surface area contributed by atoms with Crippen LogP contribution in [0.2, 0.25) is 0 Å². The number of carboxylic acid groups (broad SMARTS) is 2. The fourth-order valence-corrected chi connectivity index (χ4v) is 6.11. The third-order valence-corrected chi connectivity index (χ3v) is 8.10. The number of benzene rings is 1. The lowest BCUT2D eigenvalue weighted by Gasteiger charge is -2.19. The predicted octanol–water partition coefficient (Wildman–Crippen LogP) is 5.26. The summed E-state index contributed by atoms with van der Waals surface area (Å²) < 4.78 is 11.7. The van der Waals surface area contributed by atoms with Gasteiger partial charge in [0.05, 0.1) is 13.2 Å². The molecular weight excluding hydrogens is 448 g/mol. The molecule has 0 radical (unpaired) electrons. The number of fused-ring (bicyclic) bond motifs is 1. The summed E-state index contributed by atoms with van der Waals surface area (Å²) in [5.41, 5.74) is 2.98. The molecule has 2 N–H and O–H groups in total. The van der Waals surface area contributed by atoms with E-state index in [0.717, 1.165) is 43.3 Å². The zero-order chi connectivity index (χ0) is 23.2. The lowest BCUT2D eigenvalue weighted by molar-refractivity contribution is -0.138. The third-order valence-electron chi connectivity index (χ3n) is 5.31. The third kappa shape index (κ3) is 10.5. The molecule has 6 nitrogen and oxygen atoms in total. The first-order valence-electron chi connectivity index (χ1n) is 11.5. The van der Waals surface area contributed by atoms with Crippen molar-refractivity contribution in [3.05, 3.63) is 29.3 Å². The summed E-state index contributed by atoms with van der Waals surface area (Å²) in [4.78, 5) is 20.0. The molecule has 0 amide bonds. The molecule has 1 aliphatic heterocycles. The van der Waals surface area contributed by atoms with Gasteiger partial charge in [0.25, 0.3) is 0 Å². The van der Waals surface area contributed by atoms with Gasteiger partial charge in [-0.15, -0.1) is 11.8 Å². The SMILES string of the molecule is CCC(=O)O.O=C(O)CCC1OCC(CSCCCCOc2cccc3c2CCCC3)S1. The fourth-order valence-electron chi connectivity index (χ4n) is 3.57. The Morgan fingerprint density at radius 3 is 2.72 bits per heavy atom. The molecule has 8 heteroatoms. The summed E-state index contributed by atoms with van der Waals surface area (Å²) in [6.45, 7) is 3.15. The number of aryl methyl sites for hydroxylation is 1. The van der Waals surface area contributed by atoms with E-state index in [1.807, 2.05) is 11.8 Å². The van der Waals surface area contributed by atoms with Crippen molar-refractivity contribution in [2.45, 2.75) is 75.4 Å². The minimum absolute atomic E-state index is 0.0666. The standard InChI is InChI=1S/C21H30O4S2.C3H6O2/c22-20(23)10-11-21-25-14-17(27-21)15-26-13-4-3-12-24-19-9-5-7-16-6-1-2-8-18(16)19;1-2-3(4)5/h5,7,9,17,21H,1-4,6,8,10-15H2,(H,22,23);2H2,1H3,(H,4,5). The van der Waals surface area contributed by atoms with Crippen LogP contribution in [0.3, 0.4) is 0 Å². The highest BCUT2D eigenvalue weighted by Crippen LogP contribution is 2.33. The molecule has 0 bridgehead atoms. The molecule has 1 fully saturated rings. The summed E-state index contributed by atoms with van der Waals surface area (Å²) >= 11 is 3.77. The van der Waals surface area contributed by atoms with Crippen molar-refractivity contribution in [2.75, 3.05) is 24.7 Å². The molecule has 0 aromatic heterocycles. The van der Waals surface area contributed by atoms with Crippen LogP contribution < -0.4 is 4.74 Å². The van der Waals surface area contributed by atoms with E-state index in [1.54, 1.807) is 18.7 Å². The monoisotopic (exact) mass is 484 g/mol. The van der Waals surface area contributed by atoms with E-state index in [0.29, 0.717) is 11.7 Å². The topological polar surface area (TPSA) is 93.1 Å². The molecule has 3 rings (SSSR count). The van der Waals surface area contributed by atoms with Gasteiger partial charge in [-0.2, -0.15) is 11.8 Å². The molecular formula is C24H36O6S2. The van der Waals surface area contributed by atoms with Crippen LogP contribution in [-0.2, 0) is 27.2 Å². The molecule has 1 aliphatic carbocycles. The first kappa shape index (κ1) is 26.9. The lowest BCUT2D eigenvalue weighted by Crippen LogP contribution is -2.08. The van der Waals surface area contributed by atoms with Gasteiger partial charge in [0.2, 0.25) is 0 Å². The highest BCUT2D eigenvalue weighted by atomic mass is 32.2. The molecule has 1 saturated heterocycles. The zero-order valence-electron chi connectivity index (χ0n) is 18.9. The first-order chi connectivity index (χ1) is 15.5. The van der Waals surface area contributed by atoms with Crippen molar-refractivity contribution in [3.63, 3.8) is 0 Å². The van der Waals surface area contributed by atoms with Crippen LogP contribution in [-0.4, -0.2) is 57.6 Å². The van der Waals surface area contributed by atoms with Crippen LogP contribution in [0.4, 0.5) is 0 Å². The van der Waals surface area contributed by atoms with Gasteiger partial charge in [-0.3, -0.25) is 9.59 Å². The molecule has 1 aromatic rings. The molecule has 1 heterocycles. The smallest absolute Gasteiger partial charge is 0.303 e. The van der Waals surface area contributed by atoms with E-state index in [9.17, 15) is 9.59 Å². The quantitative estimate of drug-likeness (QED) is 0.388. The number of ether oxygens (including phenoxy) is 2. The van der Waals surface area contributed by atoms with Crippen LogP contribution in [0.15, 0.2) is 18.2 Å². The van der Waals surface area contributed by atoms with Crippen LogP contribution >= 0.6 is 23.5 Å². The molecule has 2 aliphatic rings. The number of carboxylic acids is 2. The van der Waals surface area contributed by atoms with E-state index in [2.05, 4.69) is 18.2 Å². The lowest BCUT2D eigenvalue weighted by atomic mass is 9.91. The Kier molecular flexibility index (Phi) is 13.0. The van der Waals surface area contributed by atoms with Crippen LogP contribution in [0.5, 0.6) is 5.75 Å². The molecule has 32 heavy (non-hydrogen) atoms. The highest BCUT2D eigenvalue weighted by Gasteiger charge is 2.26. The normalized spacial score (nSPS) is 19.5. The van der Waals surface area contributed by atoms with Gasteiger partial charge in [0.1, 0.15) is 11.2 Å². The van der Waals surface area contributed by atoms with E-state index in [1.165, 1.54) is 36.8 Å². The number of thioether (sulfide) groups is 2. The second kappa shape index (κ2) is 15.5. The van der Waals surface area contributed by atoms with E-state index in [4.69, 9.17) is 19.7 Å². The summed E-state index contributed by atoms with van der Waals surface area (Å²) in [5.74, 6) is 1.85. The van der Waals surface area contributed by atoms with E-state index >= 15 is 0 Å². The van der Waals surface area contributed by atoms with Crippen LogP contribution in [0, 0.1) is 0 Å². The minimum atomic E-state index is -0.745. The van der Waals surface area contributed by atoms with Gasteiger partial charge >= 0.3 is 11.9 Å². The molecule has 180 valence electrons. The Morgan fingerprint density at radius 1 is 1.19 bits per heavy atom. The maximum Gasteiger partial charge on any atom is 0.303 e. The Hall–Kier alpha value is -1.38. The van der Waals surface area contributed by atoms with Crippen LogP contribution in [0.25, 0.3) is 0 Å². The van der Waals surface area contributed by atoms with E-state index in [-0.39, 0.29) is 18.3 Å². The Balaban J connectivity index is 0.000000654. The first-order valence-corrected chi connectivity index (χ1v) is 13.6. The van der Waals surface area contributed by atoms with Crippen molar-refractivity contribution in [1.82, 2.24) is 0 Å². The van der Waals surface area contributed by atoms with Crippen molar-refractivity contribution < 1.29 is 29.3 Å². The Bertz CT molecular complexity index is 712. The second-order valence-corrected chi connectivity index (χ2v) is 10.5. The number of unbranched alkanes of at least 4 members (excludes halogenated alkanes) is 1. The van der Waals surface area contributed by atoms with Crippen molar-refractivity contribution in [2.24, 2.45) is 0 Å². The minimum Gasteiger partial charge on any atom is -0.493 e. The highest BCUT2D eigenvalue weighted by molar-refractivity contribution is 8.03. The predicted molar refractivity (Wildman–Crippen MR) is 131 cm³/mol. The number of hydrogen-bond acceptors (Lipinski definition) is 6. The van der Waals surface area contributed by atoms with Crippen molar-refractivity contribution >= 4 is 35.5 Å². The van der Waals surface area contributed by atoms with Gasteiger partial charge < -0.3 is 19.7 Å².